The summed E-state index contributed by atoms with van der Waals surface area (Å²) in [7, 11) is 0. The van der Waals surface area contributed by atoms with E-state index in [4.69, 9.17) is 0 Å². The Morgan fingerprint density at radius 3 is 2.47 bits per heavy atom. The second kappa shape index (κ2) is 6.02. The van der Waals surface area contributed by atoms with E-state index < -0.39 is 0 Å². The lowest BCUT2D eigenvalue weighted by Crippen LogP contribution is -2.26. The molecule has 0 aliphatic carbocycles. The molecule has 2 aromatic carbocycles. The maximum Gasteiger partial charge on any atom is 0.251 e. The second-order valence-corrected chi connectivity index (χ2v) is 5.42. The molecule has 0 radical (unpaired) electrons. The molecule has 0 aliphatic heterocycles. The molecule has 1 atom stereocenters. The SMILES string of the molecule is Cc1cc(C(=O)NC(C)c2ccccc2)ccc1Br. The molecule has 98 valence electrons. The minimum absolute atomic E-state index is 0.00217. The zero-order valence-corrected chi connectivity index (χ0v) is 12.6. The van der Waals surface area contributed by atoms with Crippen molar-refractivity contribution < 1.29 is 4.79 Å². The Balaban J connectivity index is 2.11. The molecule has 2 nitrogen and oxygen atoms in total. The highest BCUT2D eigenvalue weighted by atomic mass is 79.9. The monoisotopic (exact) mass is 317 g/mol. The van der Waals surface area contributed by atoms with E-state index in [1.165, 1.54) is 0 Å². The largest absolute Gasteiger partial charge is 0.346 e. The normalized spacial score (nSPS) is 11.9. The Morgan fingerprint density at radius 2 is 1.84 bits per heavy atom. The van der Waals surface area contributed by atoms with Gasteiger partial charge in [-0.3, -0.25) is 4.79 Å². The van der Waals surface area contributed by atoms with Gasteiger partial charge in [-0.2, -0.15) is 0 Å². The first-order chi connectivity index (χ1) is 9.08. The minimum atomic E-state index is -0.0491. The number of hydrogen-bond donors (Lipinski definition) is 1. The van der Waals surface area contributed by atoms with Crippen LogP contribution >= 0.6 is 15.9 Å². The first-order valence-corrected chi connectivity index (χ1v) is 6.99. The van der Waals surface area contributed by atoms with Crippen LogP contribution < -0.4 is 5.32 Å². The van der Waals surface area contributed by atoms with Gasteiger partial charge in [0.15, 0.2) is 0 Å². The number of rotatable bonds is 3. The molecule has 19 heavy (non-hydrogen) atoms. The van der Waals surface area contributed by atoms with Gasteiger partial charge in [-0.15, -0.1) is 0 Å². The van der Waals surface area contributed by atoms with E-state index in [2.05, 4.69) is 21.2 Å². The molecule has 0 saturated carbocycles. The third kappa shape index (κ3) is 3.44. The van der Waals surface area contributed by atoms with Crippen LogP contribution in [0.2, 0.25) is 0 Å². The molecule has 1 unspecified atom stereocenters. The maximum absolute atomic E-state index is 12.2. The van der Waals surface area contributed by atoms with Crippen molar-refractivity contribution in [1.29, 1.82) is 0 Å². The highest BCUT2D eigenvalue weighted by molar-refractivity contribution is 9.10. The molecule has 2 aromatic rings. The average molecular weight is 318 g/mol. The molecule has 0 spiro atoms. The zero-order chi connectivity index (χ0) is 13.8. The summed E-state index contributed by atoms with van der Waals surface area (Å²) in [6.45, 7) is 3.96. The summed E-state index contributed by atoms with van der Waals surface area (Å²) in [5.41, 5.74) is 2.84. The summed E-state index contributed by atoms with van der Waals surface area (Å²) in [5, 5.41) is 3.00. The van der Waals surface area contributed by atoms with Crippen LogP contribution in [0.5, 0.6) is 0 Å². The van der Waals surface area contributed by atoms with E-state index in [1.54, 1.807) is 0 Å². The summed E-state index contributed by atoms with van der Waals surface area (Å²) >= 11 is 3.43. The lowest BCUT2D eigenvalue weighted by atomic mass is 10.1. The van der Waals surface area contributed by atoms with Gasteiger partial charge in [0.25, 0.3) is 5.91 Å². The average Bonchev–Trinajstić information content (AvgIpc) is 2.42. The molecule has 2 rings (SSSR count). The van der Waals surface area contributed by atoms with Crippen molar-refractivity contribution >= 4 is 21.8 Å². The Kier molecular flexibility index (Phi) is 4.38. The van der Waals surface area contributed by atoms with Crippen LogP contribution in [-0.2, 0) is 0 Å². The van der Waals surface area contributed by atoms with Crippen molar-refractivity contribution in [3.63, 3.8) is 0 Å². The molecule has 0 bridgehead atoms. The van der Waals surface area contributed by atoms with Gasteiger partial charge in [0.2, 0.25) is 0 Å². The van der Waals surface area contributed by atoms with Crippen LogP contribution in [0, 0.1) is 6.92 Å². The second-order valence-electron chi connectivity index (χ2n) is 4.57. The zero-order valence-electron chi connectivity index (χ0n) is 11.0. The van der Waals surface area contributed by atoms with Crippen LogP contribution in [0.4, 0.5) is 0 Å². The van der Waals surface area contributed by atoms with Crippen molar-refractivity contribution in [2.45, 2.75) is 19.9 Å². The lowest BCUT2D eigenvalue weighted by molar-refractivity contribution is 0.0940. The van der Waals surface area contributed by atoms with Crippen molar-refractivity contribution in [2.24, 2.45) is 0 Å². The molecule has 1 N–H and O–H groups in total. The predicted molar refractivity (Wildman–Crippen MR) is 81.2 cm³/mol. The van der Waals surface area contributed by atoms with Crippen molar-refractivity contribution in [1.82, 2.24) is 5.32 Å². The minimum Gasteiger partial charge on any atom is -0.346 e. The van der Waals surface area contributed by atoms with Gasteiger partial charge in [-0.25, -0.2) is 0 Å². The fourth-order valence-electron chi connectivity index (χ4n) is 1.89. The smallest absolute Gasteiger partial charge is 0.251 e. The van der Waals surface area contributed by atoms with E-state index in [0.29, 0.717) is 5.56 Å². The third-order valence-corrected chi connectivity index (χ3v) is 3.96. The van der Waals surface area contributed by atoms with Crippen LogP contribution in [0.3, 0.4) is 0 Å². The number of amides is 1. The standard InChI is InChI=1S/C16H16BrNO/c1-11-10-14(8-9-15(11)17)16(19)18-12(2)13-6-4-3-5-7-13/h3-10,12H,1-2H3,(H,18,19). The number of carbonyl (C=O) groups excluding carboxylic acids is 1. The Labute approximate surface area is 122 Å². The van der Waals surface area contributed by atoms with Gasteiger partial charge in [0.05, 0.1) is 6.04 Å². The van der Waals surface area contributed by atoms with E-state index in [1.807, 2.05) is 62.4 Å². The van der Waals surface area contributed by atoms with Crippen LogP contribution in [-0.4, -0.2) is 5.91 Å². The highest BCUT2D eigenvalue weighted by Crippen LogP contribution is 2.18. The van der Waals surface area contributed by atoms with Crippen LogP contribution in [0.15, 0.2) is 53.0 Å². The quantitative estimate of drug-likeness (QED) is 0.901. The van der Waals surface area contributed by atoms with Crippen LogP contribution in [0.25, 0.3) is 0 Å². The van der Waals surface area contributed by atoms with Gasteiger partial charge >= 0.3 is 0 Å². The summed E-state index contributed by atoms with van der Waals surface area (Å²) in [5.74, 6) is -0.0491. The Bertz CT molecular complexity index is 581. The molecular formula is C16H16BrNO. The van der Waals surface area contributed by atoms with Gasteiger partial charge in [-0.05, 0) is 43.2 Å². The highest BCUT2D eigenvalue weighted by Gasteiger charge is 2.11. The van der Waals surface area contributed by atoms with Crippen LogP contribution in [0.1, 0.15) is 34.5 Å². The number of benzene rings is 2. The van der Waals surface area contributed by atoms with Gasteiger partial charge in [0.1, 0.15) is 0 Å². The molecule has 0 aliphatic rings. The summed E-state index contributed by atoms with van der Waals surface area (Å²) in [6.07, 6.45) is 0. The van der Waals surface area contributed by atoms with Crippen molar-refractivity contribution in [3.05, 3.63) is 69.7 Å². The first kappa shape index (κ1) is 13.8. The third-order valence-electron chi connectivity index (χ3n) is 3.07. The number of carbonyl (C=O) groups is 1. The number of halogens is 1. The van der Waals surface area contributed by atoms with E-state index >= 15 is 0 Å². The fraction of sp³-hybridized carbons (Fsp3) is 0.188. The van der Waals surface area contributed by atoms with Gasteiger partial charge in [-0.1, -0.05) is 46.3 Å². The van der Waals surface area contributed by atoms with Gasteiger partial charge in [0, 0.05) is 10.0 Å². The molecule has 3 heteroatoms. The molecule has 0 fully saturated rings. The van der Waals surface area contributed by atoms with Crippen molar-refractivity contribution in [3.8, 4) is 0 Å². The molecular weight excluding hydrogens is 302 g/mol. The summed E-state index contributed by atoms with van der Waals surface area (Å²) < 4.78 is 1.01. The molecule has 0 aromatic heterocycles. The summed E-state index contributed by atoms with van der Waals surface area (Å²) in [6, 6.07) is 15.5. The van der Waals surface area contributed by atoms with E-state index in [0.717, 1.165) is 15.6 Å². The molecule has 1 amide bonds. The predicted octanol–water partition coefficient (Wildman–Crippen LogP) is 4.25. The number of nitrogens with one attached hydrogen (secondary N) is 1. The van der Waals surface area contributed by atoms with E-state index in [-0.39, 0.29) is 11.9 Å². The fourth-order valence-corrected chi connectivity index (χ4v) is 2.14. The van der Waals surface area contributed by atoms with Crippen molar-refractivity contribution in [2.75, 3.05) is 0 Å². The maximum atomic E-state index is 12.2. The Hall–Kier alpha value is -1.61. The Morgan fingerprint density at radius 1 is 1.16 bits per heavy atom. The number of aryl methyl sites for hydroxylation is 1. The lowest BCUT2D eigenvalue weighted by Gasteiger charge is -2.14. The van der Waals surface area contributed by atoms with Gasteiger partial charge < -0.3 is 5.32 Å². The number of hydrogen-bond acceptors (Lipinski definition) is 1. The molecule has 0 saturated heterocycles. The summed E-state index contributed by atoms with van der Waals surface area (Å²) in [4.78, 5) is 12.2. The van der Waals surface area contributed by atoms with E-state index in [9.17, 15) is 4.79 Å². The first-order valence-electron chi connectivity index (χ1n) is 6.20. The topological polar surface area (TPSA) is 29.1 Å². The molecule has 0 heterocycles.